The lowest BCUT2D eigenvalue weighted by atomic mass is 10.0. The minimum Gasteiger partial charge on any atom is -0.367 e. The van der Waals surface area contributed by atoms with E-state index in [1.54, 1.807) is 12.2 Å². The second-order valence-electron chi connectivity index (χ2n) is 2.40. The van der Waals surface area contributed by atoms with Gasteiger partial charge in [-0.05, 0) is 6.08 Å². The lowest BCUT2D eigenvalue weighted by molar-refractivity contribution is -0.119. The first-order chi connectivity index (χ1) is 5.29. The summed E-state index contributed by atoms with van der Waals surface area (Å²) >= 11 is 0. The Bertz CT molecular complexity index is 299. The van der Waals surface area contributed by atoms with Gasteiger partial charge in [-0.3, -0.25) is 9.59 Å². The van der Waals surface area contributed by atoms with Crippen molar-refractivity contribution in [2.24, 2.45) is 0 Å². The van der Waals surface area contributed by atoms with Crippen LogP contribution in [0.5, 0.6) is 0 Å². The van der Waals surface area contributed by atoms with Gasteiger partial charge < -0.3 is 5.32 Å². The number of ketones is 2. The summed E-state index contributed by atoms with van der Waals surface area (Å²) in [5, 5.41) is 2.61. The van der Waals surface area contributed by atoms with Gasteiger partial charge in [0.15, 0.2) is 18.1 Å². The smallest absolute Gasteiger partial charge is 0.199 e. The molecule has 3 nitrogen and oxygen atoms in total. The first kappa shape index (κ1) is 6.34. The van der Waals surface area contributed by atoms with E-state index in [4.69, 9.17) is 0 Å². The van der Waals surface area contributed by atoms with Crippen LogP contribution < -0.4 is 5.32 Å². The highest BCUT2D eigenvalue weighted by atomic mass is 16.2. The molecule has 0 bridgehead atoms. The van der Waals surface area contributed by atoms with Crippen molar-refractivity contribution >= 4 is 11.6 Å². The molecule has 0 aromatic carbocycles. The second-order valence-corrected chi connectivity index (χ2v) is 2.40. The molecule has 2 rings (SSSR count). The molecule has 3 heteroatoms. The van der Waals surface area contributed by atoms with Crippen LogP contribution in [-0.4, -0.2) is 11.6 Å². The van der Waals surface area contributed by atoms with Gasteiger partial charge in [0.25, 0.3) is 0 Å². The number of rotatable bonds is 0. The standard InChI is InChI=1S/C8H5NO2/c10-6-3-1-2-5-8(6)7(11)4-9-5/h1-2,9H,3H2. The Kier molecular flexibility index (Phi) is 1.18. The molecule has 1 aliphatic carbocycles. The van der Waals surface area contributed by atoms with Gasteiger partial charge in [0.2, 0.25) is 0 Å². The van der Waals surface area contributed by atoms with Crippen molar-refractivity contribution in [3.05, 3.63) is 30.0 Å². The van der Waals surface area contributed by atoms with Crippen LogP contribution >= 0.6 is 0 Å². The van der Waals surface area contributed by atoms with E-state index >= 15 is 0 Å². The van der Waals surface area contributed by atoms with Gasteiger partial charge in [0.05, 0.1) is 5.57 Å². The number of allylic oxidation sites excluding steroid dienone is 2. The summed E-state index contributed by atoms with van der Waals surface area (Å²) in [7, 11) is 0. The van der Waals surface area contributed by atoms with Gasteiger partial charge in [0.1, 0.15) is 0 Å². The Hall–Kier alpha value is -1.38. The van der Waals surface area contributed by atoms with Crippen molar-refractivity contribution in [3.8, 4) is 0 Å². The van der Waals surface area contributed by atoms with Crippen molar-refractivity contribution in [2.45, 2.75) is 6.42 Å². The third-order valence-electron chi connectivity index (χ3n) is 1.67. The predicted octanol–water partition coefficient (Wildman–Crippen LogP) is -0.0194. The fourth-order valence-corrected chi connectivity index (χ4v) is 1.16. The summed E-state index contributed by atoms with van der Waals surface area (Å²) in [6.07, 6.45) is 3.79. The second kappa shape index (κ2) is 2.05. The number of hydrogen-bond donors (Lipinski definition) is 1. The zero-order chi connectivity index (χ0) is 7.84. The molecule has 2 radical (unpaired) electrons. The molecule has 1 aliphatic heterocycles. The lowest BCUT2D eigenvalue weighted by Crippen LogP contribution is -2.11. The Morgan fingerprint density at radius 2 is 2.27 bits per heavy atom. The molecular weight excluding hydrogens is 142 g/mol. The van der Waals surface area contributed by atoms with Gasteiger partial charge in [-0.2, -0.15) is 0 Å². The van der Waals surface area contributed by atoms with Crippen LogP contribution in [0, 0.1) is 6.54 Å². The molecule has 2 aliphatic rings. The highest BCUT2D eigenvalue weighted by Gasteiger charge is 2.29. The number of carbonyl (C=O) groups is 2. The summed E-state index contributed by atoms with van der Waals surface area (Å²) in [6.45, 7) is 2.36. The Morgan fingerprint density at radius 1 is 1.45 bits per heavy atom. The Balaban J connectivity index is 2.49. The Morgan fingerprint density at radius 3 is 3.00 bits per heavy atom. The molecule has 0 spiro atoms. The fourth-order valence-electron chi connectivity index (χ4n) is 1.16. The van der Waals surface area contributed by atoms with E-state index in [1.807, 2.05) is 0 Å². The van der Waals surface area contributed by atoms with Crippen LogP contribution in [0.3, 0.4) is 0 Å². The zero-order valence-electron chi connectivity index (χ0n) is 5.68. The zero-order valence-corrected chi connectivity index (χ0v) is 5.68. The lowest BCUT2D eigenvalue weighted by Gasteiger charge is -2.03. The van der Waals surface area contributed by atoms with Crippen molar-refractivity contribution in [2.75, 3.05) is 0 Å². The van der Waals surface area contributed by atoms with Gasteiger partial charge in [-0.1, -0.05) is 6.08 Å². The minimum atomic E-state index is -0.325. The molecular formula is C8H5NO2. The maximum Gasteiger partial charge on any atom is 0.199 e. The number of Topliss-reactive ketones (excluding diaryl/α,β-unsaturated/α-hetero) is 2. The Labute approximate surface area is 63.8 Å². The molecule has 0 atom stereocenters. The maximum atomic E-state index is 11.1. The molecule has 0 aromatic heterocycles. The first-order valence-corrected chi connectivity index (χ1v) is 3.29. The van der Waals surface area contributed by atoms with Crippen LogP contribution in [0.15, 0.2) is 23.4 Å². The van der Waals surface area contributed by atoms with Crippen LogP contribution in [0.25, 0.3) is 0 Å². The minimum absolute atomic E-state index is 0.120. The van der Waals surface area contributed by atoms with Crippen LogP contribution in [0.4, 0.5) is 0 Å². The van der Waals surface area contributed by atoms with Crippen LogP contribution in [-0.2, 0) is 9.59 Å². The third kappa shape index (κ3) is 0.808. The highest BCUT2D eigenvalue weighted by molar-refractivity contribution is 6.26. The van der Waals surface area contributed by atoms with Crippen molar-refractivity contribution < 1.29 is 9.59 Å². The largest absolute Gasteiger partial charge is 0.367 e. The summed E-state index contributed by atoms with van der Waals surface area (Å²) in [5.74, 6) is -0.445. The van der Waals surface area contributed by atoms with E-state index < -0.39 is 0 Å². The van der Waals surface area contributed by atoms with E-state index in [0.717, 1.165) is 0 Å². The van der Waals surface area contributed by atoms with Crippen molar-refractivity contribution in [1.29, 1.82) is 0 Å². The molecule has 11 heavy (non-hydrogen) atoms. The van der Waals surface area contributed by atoms with Gasteiger partial charge in [-0.25, -0.2) is 0 Å². The van der Waals surface area contributed by atoms with Gasteiger partial charge in [-0.15, -0.1) is 0 Å². The van der Waals surface area contributed by atoms with Crippen molar-refractivity contribution in [3.63, 3.8) is 0 Å². The summed E-state index contributed by atoms with van der Waals surface area (Å²) in [6, 6.07) is 0. The SMILES string of the molecule is O=C1[C]NC2=C1C(=O)CC=C2. The molecule has 0 saturated heterocycles. The van der Waals surface area contributed by atoms with Crippen LogP contribution in [0.2, 0.25) is 0 Å². The average Bonchev–Trinajstić information content (AvgIpc) is 2.34. The summed E-state index contributed by atoms with van der Waals surface area (Å²) in [4.78, 5) is 22.0. The van der Waals surface area contributed by atoms with Gasteiger partial charge in [0, 0.05) is 12.1 Å². The van der Waals surface area contributed by atoms with E-state index in [1.165, 1.54) is 0 Å². The third-order valence-corrected chi connectivity index (χ3v) is 1.67. The molecule has 0 saturated carbocycles. The van der Waals surface area contributed by atoms with E-state index in [9.17, 15) is 9.59 Å². The van der Waals surface area contributed by atoms with Crippen molar-refractivity contribution in [1.82, 2.24) is 5.32 Å². The average molecular weight is 147 g/mol. The van der Waals surface area contributed by atoms with E-state index in [2.05, 4.69) is 11.9 Å². The van der Waals surface area contributed by atoms with Gasteiger partial charge >= 0.3 is 0 Å². The van der Waals surface area contributed by atoms with E-state index in [0.29, 0.717) is 12.1 Å². The monoisotopic (exact) mass is 147 g/mol. The molecule has 54 valence electrons. The van der Waals surface area contributed by atoms with Crippen LogP contribution in [0.1, 0.15) is 6.42 Å². The molecule has 1 N–H and O–H groups in total. The summed E-state index contributed by atoms with van der Waals surface area (Å²) in [5.41, 5.74) is 0.846. The first-order valence-electron chi connectivity index (χ1n) is 3.29. The number of hydrogen-bond acceptors (Lipinski definition) is 3. The maximum absolute atomic E-state index is 11.1. The van der Waals surface area contributed by atoms with E-state index in [-0.39, 0.29) is 17.1 Å². The molecule has 0 amide bonds. The molecule has 0 unspecified atom stereocenters. The normalized spacial score (nSPS) is 22.2. The molecule has 0 fully saturated rings. The predicted molar refractivity (Wildman–Crippen MR) is 37.2 cm³/mol. The number of nitrogens with one attached hydrogen (secondary N) is 1. The number of carbonyl (C=O) groups excluding carboxylic acids is 2. The molecule has 1 heterocycles. The fraction of sp³-hybridized carbons (Fsp3) is 0.125. The highest BCUT2D eigenvalue weighted by Crippen LogP contribution is 2.20. The quantitative estimate of drug-likeness (QED) is 0.490. The summed E-state index contributed by atoms with van der Waals surface area (Å²) < 4.78 is 0. The topological polar surface area (TPSA) is 46.2 Å². The molecule has 0 aromatic rings.